The smallest absolute Gasteiger partial charge is 0.303 e. The van der Waals surface area contributed by atoms with Gasteiger partial charge in [-0.3, -0.25) is 9.69 Å². The molecule has 0 radical (unpaired) electrons. The molecule has 20 heavy (non-hydrogen) atoms. The van der Waals surface area contributed by atoms with E-state index in [1.165, 1.54) is 0 Å². The van der Waals surface area contributed by atoms with Crippen LogP contribution in [0, 0.1) is 11.8 Å². The van der Waals surface area contributed by atoms with Crippen molar-refractivity contribution in [2.45, 2.75) is 52.9 Å². The molecule has 2 unspecified atom stereocenters. The van der Waals surface area contributed by atoms with Crippen LogP contribution >= 0.6 is 0 Å². The predicted molar refractivity (Wildman–Crippen MR) is 82.9 cm³/mol. The third-order valence-corrected chi connectivity index (χ3v) is 3.94. The molecule has 0 aromatic heterocycles. The van der Waals surface area contributed by atoms with Crippen LogP contribution in [0.4, 0.5) is 0 Å². The van der Waals surface area contributed by atoms with Crippen LogP contribution in [0.2, 0.25) is 0 Å². The number of nitrogens with zero attached hydrogens (tertiary/aromatic N) is 1. The van der Waals surface area contributed by atoms with E-state index in [1.807, 2.05) is 6.92 Å². The lowest BCUT2D eigenvalue weighted by Gasteiger charge is -2.25. The highest BCUT2D eigenvalue weighted by Crippen LogP contribution is 2.15. The number of hydrogen-bond acceptors (Lipinski definition) is 3. The van der Waals surface area contributed by atoms with Gasteiger partial charge < -0.3 is 10.2 Å². The summed E-state index contributed by atoms with van der Waals surface area (Å²) in [4.78, 5) is 13.0. The first-order valence-electron chi connectivity index (χ1n) is 7.69. The van der Waals surface area contributed by atoms with E-state index < -0.39 is 5.97 Å². The molecule has 4 heteroatoms. The van der Waals surface area contributed by atoms with Crippen LogP contribution in [0.25, 0.3) is 0 Å². The van der Waals surface area contributed by atoms with E-state index in [9.17, 15) is 9.90 Å². The zero-order chi connectivity index (χ0) is 15.5. The largest absolute Gasteiger partial charge is 0.512 e. The molecule has 0 aliphatic rings. The molecule has 0 aliphatic carbocycles. The maximum absolute atomic E-state index is 10.8. The third kappa shape index (κ3) is 9.84. The summed E-state index contributed by atoms with van der Waals surface area (Å²) in [5.74, 6) is 0.339. The van der Waals surface area contributed by atoms with Crippen LogP contribution in [-0.4, -0.2) is 40.7 Å². The SMILES string of the molecule is C=C(O)CN(CCC(C)CC)CCC(CC)CC(=O)O. The summed E-state index contributed by atoms with van der Waals surface area (Å²) in [6.45, 7) is 12.2. The zero-order valence-electron chi connectivity index (χ0n) is 13.3. The Balaban J connectivity index is 4.25. The third-order valence-electron chi connectivity index (χ3n) is 3.94. The molecule has 0 amide bonds. The van der Waals surface area contributed by atoms with Crippen LogP contribution in [0.3, 0.4) is 0 Å². The van der Waals surface area contributed by atoms with Gasteiger partial charge in [0.2, 0.25) is 0 Å². The van der Waals surface area contributed by atoms with Crippen LogP contribution in [0.1, 0.15) is 52.9 Å². The van der Waals surface area contributed by atoms with Gasteiger partial charge in [-0.1, -0.05) is 40.2 Å². The number of carboxylic acid groups (broad SMARTS) is 1. The van der Waals surface area contributed by atoms with Crippen molar-refractivity contribution in [1.29, 1.82) is 0 Å². The van der Waals surface area contributed by atoms with E-state index in [0.717, 1.165) is 38.8 Å². The fourth-order valence-corrected chi connectivity index (χ4v) is 2.20. The Kier molecular flexibility index (Phi) is 10.2. The lowest BCUT2D eigenvalue weighted by molar-refractivity contribution is -0.138. The molecule has 0 bridgehead atoms. The molecule has 0 spiro atoms. The first kappa shape index (κ1) is 19.0. The summed E-state index contributed by atoms with van der Waals surface area (Å²) in [5, 5.41) is 18.2. The van der Waals surface area contributed by atoms with Gasteiger partial charge >= 0.3 is 5.97 Å². The molecule has 0 aromatic carbocycles. The van der Waals surface area contributed by atoms with Gasteiger partial charge in [0.05, 0.1) is 12.3 Å². The second kappa shape index (κ2) is 10.7. The first-order valence-corrected chi connectivity index (χ1v) is 7.69. The van der Waals surface area contributed by atoms with Gasteiger partial charge in [-0.05, 0) is 37.8 Å². The minimum Gasteiger partial charge on any atom is -0.512 e. The molecule has 0 saturated carbocycles. The number of aliphatic carboxylic acids is 1. The minimum atomic E-state index is -0.727. The average Bonchev–Trinajstić information content (AvgIpc) is 2.38. The van der Waals surface area contributed by atoms with Crippen molar-refractivity contribution in [3.05, 3.63) is 12.3 Å². The molecule has 0 saturated heterocycles. The van der Waals surface area contributed by atoms with Crippen molar-refractivity contribution < 1.29 is 15.0 Å². The zero-order valence-corrected chi connectivity index (χ0v) is 13.3. The molecular weight excluding hydrogens is 254 g/mol. The monoisotopic (exact) mass is 285 g/mol. The highest BCUT2D eigenvalue weighted by molar-refractivity contribution is 5.66. The molecule has 0 aliphatic heterocycles. The topological polar surface area (TPSA) is 60.8 Å². The number of aliphatic hydroxyl groups excluding tert-OH is 1. The summed E-state index contributed by atoms with van der Waals surface area (Å²) in [5.41, 5.74) is 0. The van der Waals surface area contributed by atoms with Gasteiger partial charge in [-0.2, -0.15) is 0 Å². The molecule has 0 fully saturated rings. The van der Waals surface area contributed by atoms with Crippen molar-refractivity contribution in [2.24, 2.45) is 11.8 Å². The standard InChI is InChI=1S/C16H31NO3/c1-5-13(3)7-9-17(12-14(4)18)10-8-15(6-2)11-16(19)20/h13,15,18H,4-12H2,1-3H3,(H,19,20). The number of aliphatic hydroxyl groups is 1. The summed E-state index contributed by atoms with van der Waals surface area (Å²) in [7, 11) is 0. The van der Waals surface area contributed by atoms with E-state index >= 15 is 0 Å². The van der Waals surface area contributed by atoms with Crippen molar-refractivity contribution in [3.63, 3.8) is 0 Å². The van der Waals surface area contributed by atoms with E-state index in [-0.39, 0.29) is 18.1 Å². The highest BCUT2D eigenvalue weighted by Gasteiger charge is 2.14. The van der Waals surface area contributed by atoms with Crippen molar-refractivity contribution in [1.82, 2.24) is 4.90 Å². The molecule has 2 atom stereocenters. The van der Waals surface area contributed by atoms with E-state index in [4.69, 9.17) is 5.11 Å². The number of hydrogen-bond donors (Lipinski definition) is 2. The summed E-state index contributed by atoms with van der Waals surface area (Å²) >= 11 is 0. The molecule has 4 nitrogen and oxygen atoms in total. The Labute approximate surface area is 123 Å². The maximum Gasteiger partial charge on any atom is 0.303 e. The Morgan fingerprint density at radius 3 is 2.20 bits per heavy atom. The number of carbonyl (C=O) groups is 1. The molecular formula is C16H31NO3. The van der Waals surface area contributed by atoms with Crippen LogP contribution in [-0.2, 0) is 4.79 Å². The summed E-state index contributed by atoms with van der Waals surface area (Å²) in [6, 6.07) is 0. The lowest BCUT2D eigenvalue weighted by atomic mass is 9.98. The average molecular weight is 285 g/mol. The quantitative estimate of drug-likeness (QED) is 0.537. The molecule has 2 N–H and O–H groups in total. The first-order chi connectivity index (χ1) is 9.38. The minimum absolute atomic E-state index is 0.181. The molecule has 0 rings (SSSR count). The van der Waals surface area contributed by atoms with Gasteiger partial charge in [-0.15, -0.1) is 0 Å². The number of carboxylic acids is 1. The van der Waals surface area contributed by atoms with Gasteiger partial charge in [0.1, 0.15) is 0 Å². The summed E-state index contributed by atoms with van der Waals surface area (Å²) in [6.07, 6.45) is 4.22. The van der Waals surface area contributed by atoms with Gasteiger partial charge in [0.15, 0.2) is 0 Å². The van der Waals surface area contributed by atoms with Gasteiger partial charge in [0.25, 0.3) is 0 Å². The van der Waals surface area contributed by atoms with Gasteiger partial charge in [0, 0.05) is 6.42 Å². The van der Waals surface area contributed by atoms with Gasteiger partial charge in [-0.25, -0.2) is 0 Å². The van der Waals surface area contributed by atoms with E-state index in [2.05, 4.69) is 25.3 Å². The Morgan fingerprint density at radius 1 is 1.15 bits per heavy atom. The molecule has 0 aromatic rings. The highest BCUT2D eigenvalue weighted by atomic mass is 16.4. The van der Waals surface area contributed by atoms with Crippen LogP contribution in [0.5, 0.6) is 0 Å². The fraction of sp³-hybridized carbons (Fsp3) is 0.812. The van der Waals surface area contributed by atoms with E-state index in [0.29, 0.717) is 12.5 Å². The lowest BCUT2D eigenvalue weighted by Crippen LogP contribution is -2.30. The normalized spacial score (nSPS) is 14.2. The van der Waals surface area contributed by atoms with Crippen LogP contribution in [0.15, 0.2) is 12.3 Å². The fourth-order valence-electron chi connectivity index (χ4n) is 2.20. The predicted octanol–water partition coefficient (Wildman–Crippen LogP) is 3.69. The maximum atomic E-state index is 10.8. The molecule has 118 valence electrons. The summed E-state index contributed by atoms with van der Waals surface area (Å²) < 4.78 is 0. The Bertz CT molecular complexity index is 291. The molecule has 0 heterocycles. The number of rotatable bonds is 12. The Hall–Kier alpha value is -1.03. The van der Waals surface area contributed by atoms with E-state index in [1.54, 1.807) is 0 Å². The van der Waals surface area contributed by atoms with Crippen molar-refractivity contribution in [3.8, 4) is 0 Å². The second-order valence-electron chi connectivity index (χ2n) is 5.81. The van der Waals surface area contributed by atoms with Crippen molar-refractivity contribution in [2.75, 3.05) is 19.6 Å². The Morgan fingerprint density at radius 2 is 1.75 bits per heavy atom. The van der Waals surface area contributed by atoms with Crippen molar-refractivity contribution >= 4 is 5.97 Å². The van der Waals surface area contributed by atoms with Crippen LogP contribution < -0.4 is 0 Å². The second-order valence-corrected chi connectivity index (χ2v) is 5.81.